The molecule has 0 aromatic carbocycles. The summed E-state index contributed by atoms with van der Waals surface area (Å²) in [4.78, 5) is 0. The van der Waals surface area contributed by atoms with Crippen molar-refractivity contribution in [1.82, 2.24) is 0 Å². The molecule has 0 aromatic rings. The van der Waals surface area contributed by atoms with Crippen LogP contribution >= 0.6 is 0 Å². The molecule has 70 valence electrons. The number of allylic oxidation sites excluding steroid dienone is 3. The molecular formula is C12H22. The summed E-state index contributed by atoms with van der Waals surface area (Å²) in [6, 6.07) is 0. The minimum Gasteiger partial charge on any atom is -0.103 e. The van der Waals surface area contributed by atoms with Gasteiger partial charge >= 0.3 is 0 Å². The van der Waals surface area contributed by atoms with Gasteiger partial charge in [-0.1, -0.05) is 45.9 Å². The van der Waals surface area contributed by atoms with Gasteiger partial charge in [0.15, 0.2) is 0 Å². The fourth-order valence-corrected chi connectivity index (χ4v) is 0.816. The molecule has 0 saturated heterocycles. The molecule has 0 aromatic heterocycles. The first-order valence-corrected chi connectivity index (χ1v) is 4.82. The standard InChI is InChI=1S/C12H22/c1-6-11(3)9-8-10-12(4,5)7-2/h6,8,10-11H,1,7,9H2,2-5H3. The third-order valence-corrected chi connectivity index (χ3v) is 2.39. The molecule has 0 aliphatic heterocycles. The summed E-state index contributed by atoms with van der Waals surface area (Å²) in [6.45, 7) is 12.7. The summed E-state index contributed by atoms with van der Waals surface area (Å²) < 4.78 is 0. The number of hydrogen-bond donors (Lipinski definition) is 0. The van der Waals surface area contributed by atoms with Crippen molar-refractivity contribution in [2.75, 3.05) is 0 Å². The first-order valence-electron chi connectivity index (χ1n) is 4.82. The maximum Gasteiger partial charge on any atom is -0.0177 e. The first kappa shape index (κ1) is 11.5. The Morgan fingerprint density at radius 3 is 2.42 bits per heavy atom. The fourth-order valence-electron chi connectivity index (χ4n) is 0.816. The van der Waals surface area contributed by atoms with Gasteiger partial charge in [0.2, 0.25) is 0 Å². The van der Waals surface area contributed by atoms with Gasteiger partial charge < -0.3 is 0 Å². The van der Waals surface area contributed by atoms with Gasteiger partial charge in [-0.25, -0.2) is 0 Å². The van der Waals surface area contributed by atoms with Gasteiger partial charge in [-0.05, 0) is 24.2 Å². The SMILES string of the molecule is C=CC(C)CC=CC(C)(C)CC. The summed E-state index contributed by atoms with van der Waals surface area (Å²) in [5.41, 5.74) is 0.362. The molecule has 0 rings (SSSR count). The largest absolute Gasteiger partial charge is 0.103 e. The quantitative estimate of drug-likeness (QED) is 0.537. The summed E-state index contributed by atoms with van der Waals surface area (Å²) in [5, 5.41) is 0. The minimum absolute atomic E-state index is 0.362. The lowest BCUT2D eigenvalue weighted by Crippen LogP contribution is -2.04. The van der Waals surface area contributed by atoms with Crippen molar-refractivity contribution in [3.63, 3.8) is 0 Å². The van der Waals surface area contributed by atoms with Crippen LogP contribution in [0, 0.1) is 11.3 Å². The first-order chi connectivity index (χ1) is 5.52. The smallest absolute Gasteiger partial charge is 0.0177 e. The lowest BCUT2D eigenvalue weighted by molar-refractivity contribution is 0.460. The molecule has 1 atom stereocenters. The van der Waals surface area contributed by atoms with E-state index in [9.17, 15) is 0 Å². The van der Waals surface area contributed by atoms with Gasteiger partial charge in [-0.15, -0.1) is 6.58 Å². The third-order valence-electron chi connectivity index (χ3n) is 2.39. The van der Waals surface area contributed by atoms with E-state index in [-0.39, 0.29) is 0 Å². The molecule has 0 spiro atoms. The molecular weight excluding hydrogens is 144 g/mol. The van der Waals surface area contributed by atoms with Crippen molar-refractivity contribution in [2.45, 2.75) is 40.5 Å². The summed E-state index contributed by atoms with van der Waals surface area (Å²) in [7, 11) is 0. The molecule has 1 unspecified atom stereocenters. The lowest BCUT2D eigenvalue weighted by Gasteiger charge is -2.16. The maximum atomic E-state index is 3.76. The monoisotopic (exact) mass is 166 g/mol. The van der Waals surface area contributed by atoms with Crippen LogP contribution in [0.5, 0.6) is 0 Å². The van der Waals surface area contributed by atoms with E-state index >= 15 is 0 Å². The second kappa shape index (κ2) is 5.18. The van der Waals surface area contributed by atoms with E-state index in [1.807, 2.05) is 6.08 Å². The Hall–Kier alpha value is -0.520. The van der Waals surface area contributed by atoms with Crippen LogP contribution in [0.3, 0.4) is 0 Å². The molecule has 0 heterocycles. The zero-order chi connectivity index (χ0) is 9.61. The van der Waals surface area contributed by atoms with Crippen LogP contribution in [0.2, 0.25) is 0 Å². The molecule has 0 N–H and O–H groups in total. The predicted molar refractivity (Wildman–Crippen MR) is 57.2 cm³/mol. The Labute approximate surface area is 77.4 Å². The van der Waals surface area contributed by atoms with Gasteiger partial charge in [0.1, 0.15) is 0 Å². The average Bonchev–Trinajstić information content (AvgIpc) is 2.04. The minimum atomic E-state index is 0.362. The average molecular weight is 166 g/mol. The molecule has 0 radical (unpaired) electrons. The third kappa shape index (κ3) is 5.17. The Morgan fingerprint density at radius 2 is 2.00 bits per heavy atom. The van der Waals surface area contributed by atoms with Crippen molar-refractivity contribution in [3.8, 4) is 0 Å². The molecule has 0 saturated carbocycles. The van der Waals surface area contributed by atoms with E-state index in [1.54, 1.807) is 0 Å². The normalized spacial score (nSPS) is 15.0. The highest BCUT2D eigenvalue weighted by Gasteiger charge is 2.08. The predicted octanol–water partition coefficient (Wildman–Crippen LogP) is 4.19. The zero-order valence-corrected chi connectivity index (χ0v) is 8.93. The van der Waals surface area contributed by atoms with Crippen molar-refractivity contribution in [1.29, 1.82) is 0 Å². The highest BCUT2D eigenvalue weighted by molar-refractivity contribution is 4.96. The highest BCUT2D eigenvalue weighted by Crippen LogP contribution is 2.21. The summed E-state index contributed by atoms with van der Waals surface area (Å²) >= 11 is 0. The fraction of sp³-hybridized carbons (Fsp3) is 0.667. The molecule has 0 bridgehead atoms. The molecule has 0 nitrogen and oxygen atoms in total. The Kier molecular flexibility index (Phi) is 4.96. The summed E-state index contributed by atoms with van der Waals surface area (Å²) in [5.74, 6) is 0.605. The van der Waals surface area contributed by atoms with Crippen molar-refractivity contribution in [3.05, 3.63) is 24.8 Å². The van der Waals surface area contributed by atoms with E-state index in [0.717, 1.165) is 6.42 Å². The van der Waals surface area contributed by atoms with E-state index in [0.29, 0.717) is 11.3 Å². The van der Waals surface area contributed by atoms with E-state index in [4.69, 9.17) is 0 Å². The Bertz CT molecular complexity index is 151. The van der Waals surface area contributed by atoms with E-state index < -0.39 is 0 Å². The van der Waals surface area contributed by atoms with Gasteiger partial charge in [-0.2, -0.15) is 0 Å². The Balaban J connectivity index is 3.83. The topological polar surface area (TPSA) is 0 Å². The molecule has 0 amide bonds. The van der Waals surface area contributed by atoms with Gasteiger partial charge in [0.25, 0.3) is 0 Å². The van der Waals surface area contributed by atoms with Gasteiger partial charge in [0.05, 0.1) is 0 Å². The van der Waals surface area contributed by atoms with E-state index in [1.165, 1.54) is 6.42 Å². The van der Waals surface area contributed by atoms with Crippen LogP contribution in [0.25, 0.3) is 0 Å². The molecule has 0 fully saturated rings. The molecule has 0 aliphatic rings. The van der Waals surface area contributed by atoms with Crippen LogP contribution < -0.4 is 0 Å². The van der Waals surface area contributed by atoms with Crippen LogP contribution in [-0.2, 0) is 0 Å². The number of hydrogen-bond acceptors (Lipinski definition) is 0. The van der Waals surface area contributed by atoms with Crippen LogP contribution in [-0.4, -0.2) is 0 Å². The molecule has 0 aliphatic carbocycles. The van der Waals surface area contributed by atoms with E-state index in [2.05, 4.69) is 46.4 Å². The molecule has 12 heavy (non-hydrogen) atoms. The van der Waals surface area contributed by atoms with Crippen LogP contribution in [0.4, 0.5) is 0 Å². The van der Waals surface area contributed by atoms with Crippen molar-refractivity contribution in [2.24, 2.45) is 11.3 Å². The maximum absolute atomic E-state index is 3.76. The van der Waals surface area contributed by atoms with Gasteiger partial charge in [0, 0.05) is 0 Å². The van der Waals surface area contributed by atoms with Crippen molar-refractivity contribution >= 4 is 0 Å². The van der Waals surface area contributed by atoms with Gasteiger partial charge in [-0.3, -0.25) is 0 Å². The van der Waals surface area contributed by atoms with Crippen molar-refractivity contribution < 1.29 is 0 Å². The zero-order valence-electron chi connectivity index (χ0n) is 8.93. The second-order valence-electron chi connectivity index (χ2n) is 4.19. The summed E-state index contributed by atoms with van der Waals surface area (Å²) in [6.07, 6.45) is 8.91. The lowest BCUT2D eigenvalue weighted by atomic mass is 9.89. The number of rotatable bonds is 5. The Morgan fingerprint density at radius 1 is 1.42 bits per heavy atom. The molecule has 0 heteroatoms. The van der Waals surface area contributed by atoms with Crippen LogP contribution in [0.1, 0.15) is 40.5 Å². The van der Waals surface area contributed by atoms with Crippen LogP contribution in [0.15, 0.2) is 24.8 Å². The highest BCUT2D eigenvalue weighted by atomic mass is 14.1. The second-order valence-corrected chi connectivity index (χ2v) is 4.19.